The van der Waals surface area contributed by atoms with Crippen LogP contribution in [0.5, 0.6) is 0 Å². The van der Waals surface area contributed by atoms with Gasteiger partial charge in [-0.05, 0) is 68.8 Å². The van der Waals surface area contributed by atoms with E-state index < -0.39 is 0 Å². The minimum Gasteiger partial charge on any atom is -0.450 e. The zero-order chi connectivity index (χ0) is 17.4. The zero-order valence-electron chi connectivity index (χ0n) is 15.4. The van der Waals surface area contributed by atoms with Crippen molar-refractivity contribution in [3.05, 3.63) is 34.9 Å². The second kappa shape index (κ2) is 9.67. The molecule has 134 valence electrons. The summed E-state index contributed by atoms with van der Waals surface area (Å²) in [6, 6.07) is 7.11. The fraction of sp³-hybridized carbons (Fsp3) is 0.650. The van der Waals surface area contributed by atoms with Crippen molar-refractivity contribution in [3.63, 3.8) is 0 Å². The Morgan fingerprint density at radius 2 is 2.00 bits per heavy atom. The molecule has 0 radical (unpaired) electrons. The number of benzene rings is 1. The van der Waals surface area contributed by atoms with Crippen molar-refractivity contribution in [3.8, 4) is 0 Å². The average Bonchev–Trinajstić information content (AvgIpc) is 2.59. The lowest BCUT2D eigenvalue weighted by Crippen LogP contribution is -2.40. The van der Waals surface area contributed by atoms with Gasteiger partial charge in [-0.1, -0.05) is 32.0 Å². The molecule has 0 spiro atoms. The minimum absolute atomic E-state index is 0.332. The number of ether oxygens (including phenoxy) is 1. The fourth-order valence-corrected chi connectivity index (χ4v) is 3.72. The molecule has 0 aliphatic heterocycles. The predicted molar refractivity (Wildman–Crippen MR) is 98.3 cm³/mol. The van der Waals surface area contributed by atoms with E-state index in [2.05, 4.69) is 42.3 Å². The summed E-state index contributed by atoms with van der Waals surface area (Å²) < 4.78 is 4.97. The van der Waals surface area contributed by atoms with Crippen LogP contribution in [0.3, 0.4) is 0 Å². The number of carbonyl (C=O) groups excluding carboxylic acids is 1. The Balaban J connectivity index is 2.09. The van der Waals surface area contributed by atoms with Gasteiger partial charge in [-0.3, -0.25) is 0 Å². The molecular formula is C20H32N2O2. The van der Waals surface area contributed by atoms with E-state index in [0.29, 0.717) is 19.2 Å². The molecular weight excluding hydrogens is 300 g/mol. The number of rotatable bonds is 8. The molecule has 1 N–H and O–H groups in total. The predicted octanol–water partition coefficient (Wildman–Crippen LogP) is 3.91. The Bertz CT molecular complexity index is 524. The first-order chi connectivity index (χ1) is 11.7. The van der Waals surface area contributed by atoms with Crippen LogP contribution in [-0.4, -0.2) is 36.7 Å². The van der Waals surface area contributed by atoms with Crippen molar-refractivity contribution < 1.29 is 9.53 Å². The second-order valence-electron chi connectivity index (χ2n) is 6.56. The number of fused-ring (bicyclic) bond motifs is 1. The summed E-state index contributed by atoms with van der Waals surface area (Å²) in [5, 5.41) is 2.87. The zero-order valence-corrected chi connectivity index (χ0v) is 15.4. The topological polar surface area (TPSA) is 41.6 Å². The molecule has 0 saturated carbocycles. The largest absolute Gasteiger partial charge is 0.450 e. The third-order valence-electron chi connectivity index (χ3n) is 4.79. The van der Waals surface area contributed by atoms with E-state index in [9.17, 15) is 4.79 Å². The third-order valence-corrected chi connectivity index (χ3v) is 4.79. The molecule has 1 aromatic rings. The van der Waals surface area contributed by atoms with E-state index >= 15 is 0 Å². The van der Waals surface area contributed by atoms with Crippen molar-refractivity contribution >= 4 is 6.09 Å². The van der Waals surface area contributed by atoms with Gasteiger partial charge in [-0.25, -0.2) is 4.79 Å². The van der Waals surface area contributed by atoms with Crippen LogP contribution in [0.4, 0.5) is 4.79 Å². The number of nitrogens with zero attached hydrogens (tertiary/aromatic N) is 1. The average molecular weight is 332 g/mol. The van der Waals surface area contributed by atoms with Gasteiger partial charge in [0.05, 0.1) is 6.61 Å². The molecule has 1 aliphatic carbocycles. The summed E-state index contributed by atoms with van der Waals surface area (Å²) in [7, 11) is 0. The van der Waals surface area contributed by atoms with Gasteiger partial charge in [0.15, 0.2) is 0 Å². The molecule has 1 aromatic carbocycles. The van der Waals surface area contributed by atoms with Crippen LogP contribution in [0.15, 0.2) is 18.2 Å². The molecule has 0 heterocycles. The van der Waals surface area contributed by atoms with Gasteiger partial charge < -0.3 is 15.0 Å². The van der Waals surface area contributed by atoms with E-state index in [-0.39, 0.29) is 6.09 Å². The van der Waals surface area contributed by atoms with Gasteiger partial charge >= 0.3 is 6.09 Å². The lowest BCUT2D eigenvalue weighted by Gasteiger charge is -2.36. The molecule has 0 bridgehead atoms. The quantitative estimate of drug-likeness (QED) is 0.785. The molecule has 1 amide bonds. The monoisotopic (exact) mass is 332 g/mol. The van der Waals surface area contributed by atoms with Crippen molar-refractivity contribution in [2.45, 2.75) is 65.5 Å². The lowest BCUT2D eigenvalue weighted by atomic mass is 9.84. The van der Waals surface area contributed by atoms with E-state index in [1.165, 1.54) is 49.0 Å². The summed E-state index contributed by atoms with van der Waals surface area (Å²) in [6.45, 7) is 9.65. The first kappa shape index (κ1) is 18.8. The van der Waals surface area contributed by atoms with Crippen molar-refractivity contribution in [1.82, 2.24) is 10.2 Å². The van der Waals surface area contributed by atoms with Gasteiger partial charge in [0.2, 0.25) is 0 Å². The number of nitrogens with one attached hydrogen (secondary N) is 1. The van der Waals surface area contributed by atoms with Crippen LogP contribution in [0.1, 0.15) is 56.7 Å². The molecule has 4 heteroatoms. The van der Waals surface area contributed by atoms with E-state index in [0.717, 1.165) is 12.8 Å². The van der Waals surface area contributed by atoms with Gasteiger partial charge in [0, 0.05) is 12.6 Å². The molecule has 0 aromatic heterocycles. The summed E-state index contributed by atoms with van der Waals surface area (Å²) in [5.41, 5.74) is 4.11. The van der Waals surface area contributed by atoms with Crippen LogP contribution in [-0.2, 0) is 24.1 Å². The first-order valence-corrected chi connectivity index (χ1v) is 9.43. The summed E-state index contributed by atoms with van der Waals surface area (Å²) in [4.78, 5) is 14.2. The Labute approximate surface area is 146 Å². The fourth-order valence-electron chi connectivity index (χ4n) is 3.72. The smallest absolute Gasteiger partial charge is 0.407 e. The minimum atomic E-state index is -0.332. The van der Waals surface area contributed by atoms with Gasteiger partial charge in [-0.15, -0.1) is 0 Å². The number of alkyl carbamates (subject to hydrolysis) is 1. The van der Waals surface area contributed by atoms with E-state index in [4.69, 9.17) is 4.74 Å². The maximum Gasteiger partial charge on any atom is 0.407 e. The number of amides is 1. The maximum absolute atomic E-state index is 11.6. The highest BCUT2D eigenvalue weighted by atomic mass is 16.5. The van der Waals surface area contributed by atoms with Crippen LogP contribution in [0.25, 0.3) is 0 Å². The highest BCUT2D eigenvalue weighted by molar-refractivity contribution is 5.67. The molecule has 1 atom stereocenters. The van der Waals surface area contributed by atoms with Gasteiger partial charge in [0.1, 0.15) is 0 Å². The van der Waals surface area contributed by atoms with Crippen molar-refractivity contribution in [2.75, 3.05) is 19.7 Å². The third kappa shape index (κ3) is 4.97. The SMILES string of the molecule is CCCN(CCC)C1CCc2cccc(CNC(=O)OCC)c2C1. The normalized spacial score (nSPS) is 16.8. The molecule has 4 nitrogen and oxygen atoms in total. The van der Waals surface area contributed by atoms with E-state index in [1.807, 2.05) is 6.92 Å². The number of hydrogen-bond donors (Lipinski definition) is 1. The van der Waals surface area contributed by atoms with Crippen LogP contribution in [0.2, 0.25) is 0 Å². The Kier molecular flexibility index (Phi) is 7.57. The highest BCUT2D eigenvalue weighted by Gasteiger charge is 2.25. The number of carbonyl (C=O) groups is 1. The summed E-state index contributed by atoms with van der Waals surface area (Å²) in [5.74, 6) is 0. The van der Waals surface area contributed by atoms with Crippen LogP contribution in [0, 0.1) is 0 Å². The van der Waals surface area contributed by atoms with Crippen molar-refractivity contribution in [2.24, 2.45) is 0 Å². The van der Waals surface area contributed by atoms with Crippen LogP contribution >= 0.6 is 0 Å². The number of aryl methyl sites for hydroxylation is 1. The highest BCUT2D eigenvalue weighted by Crippen LogP contribution is 2.27. The Morgan fingerprint density at radius 3 is 2.67 bits per heavy atom. The molecule has 1 aliphatic rings. The summed E-state index contributed by atoms with van der Waals surface area (Å²) in [6.07, 6.45) is 5.54. The first-order valence-electron chi connectivity index (χ1n) is 9.43. The Hall–Kier alpha value is -1.55. The molecule has 24 heavy (non-hydrogen) atoms. The lowest BCUT2D eigenvalue weighted by molar-refractivity contribution is 0.151. The second-order valence-corrected chi connectivity index (χ2v) is 6.56. The van der Waals surface area contributed by atoms with Crippen LogP contribution < -0.4 is 5.32 Å². The van der Waals surface area contributed by atoms with Gasteiger partial charge in [-0.2, -0.15) is 0 Å². The maximum atomic E-state index is 11.6. The molecule has 0 saturated heterocycles. The standard InChI is InChI=1S/C20H32N2O2/c1-4-12-22(13-5-2)18-11-10-16-8-7-9-17(19(16)14-18)15-21-20(23)24-6-3/h7-9,18H,4-6,10-15H2,1-3H3,(H,21,23). The molecule has 1 unspecified atom stereocenters. The number of hydrogen-bond acceptors (Lipinski definition) is 3. The van der Waals surface area contributed by atoms with Crippen molar-refractivity contribution in [1.29, 1.82) is 0 Å². The summed E-state index contributed by atoms with van der Waals surface area (Å²) >= 11 is 0. The molecule has 0 fully saturated rings. The molecule has 2 rings (SSSR count). The Morgan fingerprint density at radius 1 is 1.25 bits per heavy atom. The van der Waals surface area contributed by atoms with E-state index in [1.54, 1.807) is 0 Å². The van der Waals surface area contributed by atoms with Gasteiger partial charge in [0.25, 0.3) is 0 Å².